The molecule has 0 fully saturated rings. The summed E-state index contributed by atoms with van der Waals surface area (Å²) in [4.78, 5) is 15.3. The van der Waals surface area contributed by atoms with E-state index >= 15 is 0 Å². The van der Waals surface area contributed by atoms with Crippen molar-refractivity contribution in [1.82, 2.24) is 15.0 Å². The van der Waals surface area contributed by atoms with Crippen LogP contribution in [0.15, 0.2) is 156 Å². The molecule has 5 nitrogen and oxygen atoms in total. The van der Waals surface area contributed by atoms with Gasteiger partial charge in [-0.25, -0.2) is 15.0 Å². The van der Waals surface area contributed by atoms with Crippen molar-refractivity contribution >= 4 is 11.0 Å². The van der Waals surface area contributed by atoms with E-state index in [4.69, 9.17) is 24.1 Å². The minimum Gasteiger partial charge on any atom is -0.464 e. The summed E-state index contributed by atoms with van der Waals surface area (Å²) in [6.07, 6.45) is 1.76. The van der Waals surface area contributed by atoms with Crippen LogP contribution in [0.3, 0.4) is 0 Å². The Bertz CT molecular complexity index is 2400. The predicted molar refractivity (Wildman–Crippen MR) is 183 cm³/mol. The molecule has 0 amide bonds. The molecule has 1 aliphatic carbocycles. The zero-order valence-corrected chi connectivity index (χ0v) is 25.1. The van der Waals surface area contributed by atoms with Gasteiger partial charge in [-0.3, -0.25) is 0 Å². The molecule has 5 heteroatoms. The van der Waals surface area contributed by atoms with Crippen LogP contribution in [0.1, 0.15) is 22.3 Å². The first-order valence-electron chi connectivity index (χ1n) is 15.7. The van der Waals surface area contributed by atoms with Crippen molar-refractivity contribution in [3.63, 3.8) is 0 Å². The first kappa shape index (κ1) is 25.9. The van der Waals surface area contributed by atoms with Crippen molar-refractivity contribution in [2.45, 2.75) is 5.41 Å². The summed E-state index contributed by atoms with van der Waals surface area (Å²) in [7, 11) is 0. The van der Waals surface area contributed by atoms with Crippen LogP contribution in [-0.4, -0.2) is 15.0 Å². The molecule has 0 saturated heterocycles. The van der Waals surface area contributed by atoms with Crippen molar-refractivity contribution in [3.05, 3.63) is 174 Å². The SMILES string of the molecule is c1ccc(-c2nc(-c3ccccc3)nc(-c3cccc4c3-c3cc5occc5cc3C43c4ccccc4Oc4ccccc43)n2)cc1. The van der Waals surface area contributed by atoms with Gasteiger partial charge in [0.25, 0.3) is 0 Å². The van der Waals surface area contributed by atoms with Crippen molar-refractivity contribution in [1.29, 1.82) is 0 Å². The van der Waals surface area contributed by atoms with Gasteiger partial charge in [-0.1, -0.05) is 115 Å². The molecule has 8 aromatic rings. The molecule has 0 atom stereocenters. The summed E-state index contributed by atoms with van der Waals surface area (Å²) in [5.74, 6) is 3.57. The molecule has 2 aromatic heterocycles. The highest BCUT2D eigenvalue weighted by Gasteiger charge is 2.52. The normalized spacial score (nSPS) is 13.4. The Morgan fingerprint density at radius 3 is 1.68 bits per heavy atom. The van der Waals surface area contributed by atoms with Crippen LogP contribution in [0.5, 0.6) is 11.5 Å². The maximum absolute atomic E-state index is 6.56. The van der Waals surface area contributed by atoms with E-state index in [1.807, 2.05) is 78.9 Å². The van der Waals surface area contributed by atoms with Crippen LogP contribution in [0, 0.1) is 0 Å². The molecule has 0 bridgehead atoms. The van der Waals surface area contributed by atoms with Crippen LogP contribution < -0.4 is 4.74 Å². The van der Waals surface area contributed by atoms with Crippen molar-refractivity contribution in [2.75, 3.05) is 0 Å². The fourth-order valence-corrected chi connectivity index (χ4v) is 7.52. The second-order valence-corrected chi connectivity index (χ2v) is 12.0. The van der Waals surface area contributed by atoms with Gasteiger partial charge in [0.1, 0.15) is 17.1 Å². The van der Waals surface area contributed by atoms with Crippen LogP contribution in [0.2, 0.25) is 0 Å². The number of furan rings is 1. The van der Waals surface area contributed by atoms with Crippen LogP contribution in [0.25, 0.3) is 56.3 Å². The third-order valence-electron chi connectivity index (χ3n) is 9.48. The van der Waals surface area contributed by atoms with E-state index in [2.05, 4.69) is 66.7 Å². The fraction of sp³-hybridized carbons (Fsp3) is 0.0238. The molecule has 1 spiro atoms. The predicted octanol–water partition coefficient (Wildman–Crippen LogP) is 10.1. The van der Waals surface area contributed by atoms with Crippen molar-refractivity contribution in [3.8, 4) is 56.8 Å². The highest BCUT2D eigenvalue weighted by atomic mass is 16.5. The van der Waals surface area contributed by atoms with E-state index in [1.165, 1.54) is 5.56 Å². The highest BCUT2D eigenvalue weighted by Crippen LogP contribution is 2.63. The number of ether oxygens (including phenoxy) is 1. The van der Waals surface area contributed by atoms with E-state index in [-0.39, 0.29) is 0 Å². The molecule has 0 radical (unpaired) electrons. The number of hydrogen-bond acceptors (Lipinski definition) is 5. The number of aromatic nitrogens is 3. The van der Waals surface area contributed by atoms with Gasteiger partial charge < -0.3 is 9.15 Å². The lowest BCUT2D eigenvalue weighted by atomic mass is 9.66. The molecule has 220 valence electrons. The quantitative estimate of drug-likeness (QED) is 0.201. The fourth-order valence-electron chi connectivity index (χ4n) is 7.52. The third-order valence-corrected chi connectivity index (χ3v) is 9.48. The maximum atomic E-state index is 6.56. The van der Waals surface area contributed by atoms with E-state index in [1.54, 1.807) is 6.26 Å². The summed E-state index contributed by atoms with van der Waals surface area (Å²) >= 11 is 0. The standard InChI is InChI=1S/C42H25N3O2/c1-3-12-26(13-4-1)39-43-40(27-14-5-2-6-15-27)45-41(44-39)29-16-11-19-33-38(29)30-25-37-28(22-23-46-37)24-34(30)42(33)31-17-7-9-20-35(31)47-36-21-10-8-18-32(36)42/h1-25H. The second-order valence-electron chi connectivity index (χ2n) is 12.0. The minimum absolute atomic E-state index is 0.616. The molecule has 2 aliphatic rings. The summed E-state index contributed by atoms with van der Waals surface area (Å²) < 4.78 is 12.6. The Kier molecular flexibility index (Phi) is 5.43. The van der Waals surface area contributed by atoms with Crippen molar-refractivity contribution in [2.24, 2.45) is 0 Å². The van der Waals surface area contributed by atoms with Gasteiger partial charge in [-0.05, 0) is 52.6 Å². The Balaban J connectivity index is 1.33. The number of hydrogen-bond donors (Lipinski definition) is 0. The van der Waals surface area contributed by atoms with Crippen LogP contribution in [-0.2, 0) is 5.41 Å². The first-order valence-corrected chi connectivity index (χ1v) is 15.7. The number of rotatable bonds is 3. The van der Waals surface area contributed by atoms with Gasteiger partial charge >= 0.3 is 0 Å². The Hall–Kier alpha value is -6.33. The van der Waals surface area contributed by atoms with E-state index in [0.717, 1.165) is 67.0 Å². The molecule has 0 N–H and O–H groups in total. The molecular formula is C42H25N3O2. The van der Waals surface area contributed by atoms with Gasteiger partial charge in [0.05, 0.1) is 11.7 Å². The van der Waals surface area contributed by atoms with Gasteiger partial charge in [-0.15, -0.1) is 0 Å². The minimum atomic E-state index is -0.630. The van der Waals surface area contributed by atoms with Crippen LogP contribution >= 0.6 is 0 Å². The lowest BCUT2D eigenvalue weighted by molar-refractivity contribution is 0.436. The number of para-hydroxylation sites is 2. The lowest BCUT2D eigenvalue weighted by Gasteiger charge is -2.39. The molecule has 6 aromatic carbocycles. The smallest absolute Gasteiger partial charge is 0.164 e. The van der Waals surface area contributed by atoms with Gasteiger partial charge in [0, 0.05) is 33.2 Å². The molecule has 0 saturated carbocycles. The zero-order valence-electron chi connectivity index (χ0n) is 25.1. The molecule has 47 heavy (non-hydrogen) atoms. The number of nitrogens with zero attached hydrogens (tertiary/aromatic N) is 3. The monoisotopic (exact) mass is 603 g/mol. The summed E-state index contributed by atoms with van der Waals surface area (Å²) in [6.45, 7) is 0. The lowest BCUT2D eigenvalue weighted by Crippen LogP contribution is -2.32. The molecule has 0 unspecified atom stereocenters. The maximum Gasteiger partial charge on any atom is 0.164 e. The Labute approximate surface area is 270 Å². The summed E-state index contributed by atoms with van der Waals surface area (Å²) in [5.41, 5.74) is 9.71. The largest absolute Gasteiger partial charge is 0.464 e. The van der Waals surface area contributed by atoms with Gasteiger partial charge in [0.2, 0.25) is 0 Å². The molecule has 10 rings (SSSR count). The average molecular weight is 604 g/mol. The molecule has 1 aliphatic heterocycles. The van der Waals surface area contributed by atoms with E-state index < -0.39 is 5.41 Å². The number of benzene rings is 6. The first-order chi connectivity index (χ1) is 23.3. The van der Waals surface area contributed by atoms with E-state index in [9.17, 15) is 0 Å². The highest BCUT2D eigenvalue weighted by molar-refractivity contribution is 5.99. The summed E-state index contributed by atoms with van der Waals surface area (Å²) in [5, 5.41) is 1.05. The van der Waals surface area contributed by atoms with E-state index in [0.29, 0.717) is 17.5 Å². The van der Waals surface area contributed by atoms with Crippen LogP contribution in [0.4, 0.5) is 0 Å². The Morgan fingerprint density at radius 2 is 1.02 bits per heavy atom. The number of fused-ring (bicyclic) bond motifs is 10. The second kappa shape index (κ2) is 9.83. The van der Waals surface area contributed by atoms with Gasteiger partial charge in [-0.2, -0.15) is 0 Å². The van der Waals surface area contributed by atoms with Gasteiger partial charge in [0.15, 0.2) is 17.5 Å². The average Bonchev–Trinajstić information content (AvgIpc) is 3.72. The molecule has 3 heterocycles. The summed E-state index contributed by atoms with van der Waals surface area (Å²) in [6, 6.07) is 50.0. The van der Waals surface area contributed by atoms with Crippen molar-refractivity contribution < 1.29 is 9.15 Å². The third kappa shape index (κ3) is 3.68. The topological polar surface area (TPSA) is 61.0 Å². The molecular weight excluding hydrogens is 578 g/mol. The Morgan fingerprint density at radius 1 is 0.447 bits per heavy atom. The zero-order chi connectivity index (χ0) is 31.0.